The van der Waals surface area contributed by atoms with Gasteiger partial charge in [0.25, 0.3) is 5.91 Å². The van der Waals surface area contributed by atoms with Crippen LogP contribution >= 0.6 is 0 Å². The third-order valence-corrected chi connectivity index (χ3v) is 3.84. The Kier molecular flexibility index (Phi) is 4.03. The summed E-state index contributed by atoms with van der Waals surface area (Å²) in [7, 11) is 1.48. The molecule has 4 rings (SSSR count). The minimum absolute atomic E-state index is 0.237. The molecule has 7 nitrogen and oxygen atoms in total. The Labute approximate surface area is 148 Å². The van der Waals surface area contributed by atoms with E-state index in [0.29, 0.717) is 22.5 Å². The zero-order valence-corrected chi connectivity index (χ0v) is 13.8. The van der Waals surface area contributed by atoms with Gasteiger partial charge >= 0.3 is 6.01 Å². The van der Waals surface area contributed by atoms with E-state index in [1.807, 2.05) is 30.3 Å². The molecule has 1 N–H and O–H groups in total. The first-order valence-corrected chi connectivity index (χ1v) is 7.87. The molecule has 1 amide bonds. The van der Waals surface area contributed by atoms with E-state index >= 15 is 0 Å². The van der Waals surface area contributed by atoms with Crippen LogP contribution in [-0.4, -0.2) is 28.1 Å². The zero-order valence-electron chi connectivity index (χ0n) is 13.8. The van der Waals surface area contributed by atoms with Crippen molar-refractivity contribution in [3.63, 3.8) is 0 Å². The predicted molar refractivity (Wildman–Crippen MR) is 96.0 cm³/mol. The van der Waals surface area contributed by atoms with Crippen LogP contribution in [0, 0.1) is 0 Å². The monoisotopic (exact) mass is 346 g/mol. The van der Waals surface area contributed by atoms with Crippen molar-refractivity contribution in [1.82, 2.24) is 15.1 Å². The van der Waals surface area contributed by atoms with Gasteiger partial charge in [0, 0.05) is 11.1 Å². The van der Waals surface area contributed by atoms with Gasteiger partial charge in [-0.3, -0.25) is 4.79 Å². The molecule has 0 bridgehead atoms. The molecular formula is C19H14N4O3. The average molecular weight is 346 g/mol. The van der Waals surface area contributed by atoms with Crippen LogP contribution in [0.4, 0.5) is 5.69 Å². The van der Waals surface area contributed by atoms with Crippen LogP contribution in [0.15, 0.2) is 65.4 Å². The number of hydrogen-bond acceptors (Lipinski definition) is 6. The quantitative estimate of drug-likeness (QED) is 0.608. The Hall–Kier alpha value is -3.74. The van der Waals surface area contributed by atoms with E-state index in [1.54, 1.807) is 18.2 Å². The zero-order chi connectivity index (χ0) is 17.9. The second kappa shape index (κ2) is 6.64. The Morgan fingerprint density at radius 1 is 1.08 bits per heavy atom. The van der Waals surface area contributed by atoms with E-state index in [9.17, 15) is 4.79 Å². The number of nitrogens with zero attached hydrogens (tertiary/aromatic N) is 3. The summed E-state index contributed by atoms with van der Waals surface area (Å²) in [5, 5.41) is 7.59. The smallest absolute Gasteiger partial charge is 0.316 e. The predicted octanol–water partition coefficient (Wildman–Crippen LogP) is 3.55. The minimum Gasteiger partial charge on any atom is -0.467 e. The third-order valence-electron chi connectivity index (χ3n) is 3.84. The van der Waals surface area contributed by atoms with Crippen molar-refractivity contribution < 1.29 is 14.1 Å². The van der Waals surface area contributed by atoms with E-state index in [1.165, 1.54) is 19.5 Å². The second-order valence-corrected chi connectivity index (χ2v) is 5.52. The number of aromatic nitrogens is 3. The van der Waals surface area contributed by atoms with Gasteiger partial charge in [-0.1, -0.05) is 35.5 Å². The maximum absolute atomic E-state index is 12.5. The summed E-state index contributed by atoms with van der Waals surface area (Å²) in [5.74, 6) is 0.351. The Morgan fingerprint density at radius 2 is 1.85 bits per heavy atom. The Morgan fingerprint density at radius 3 is 2.58 bits per heavy atom. The average Bonchev–Trinajstić information content (AvgIpc) is 3.12. The number of rotatable bonds is 4. The van der Waals surface area contributed by atoms with Gasteiger partial charge in [0.05, 0.1) is 30.6 Å². The topological polar surface area (TPSA) is 90.1 Å². The van der Waals surface area contributed by atoms with Crippen molar-refractivity contribution in [2.24, 2.45) is 0 Å². The maximum atomic E-state index is 12.5. The molecule has 0 saturated heterocycles. The molecule has 2 aromatic heterocycles. The van der Waals surface area contributed by atoms with Crippen LogP contribution in [0.5, 0.6) is 6.01 Å². The molecule has 2 heterocycles. The number of nitrogens with one attached hydrogen (secondary N) is 1. The minimum atomic E-state index is -0.277. The third kappa shape index (κ3) is 2.98. The van der Waals surface area contributed by atoms with Crippen LogP contribution in [0.3, 0.4) is 0 Å². The van der Waals surface area contributed by atoms with E-state index in [-0.39, 0.29) is 11.9 Å². The van der Waals surface area contributed by atoms with Gasteiger partial charge in [-0.05, 0) is 18.2 Å². The SMILES string of the molecule is COc1ncc(NC(=O)c2ccc3noc(-c4ccccc4)c3c2)cn1. The fourth-order valence-electron chi connectivity index (χ4n) is 2.57. The van der Waals surface area contributed by atoms with Crippen LogP contribution in [0.1, 0.15) is 10.4 Å². The molecule has 128 valence electrons. The van der Waals surface area contributed by atoms with Crippen molar-refractivity contribution in [1.29, 1.82) is 0 Å². The number of hydrogen-bond donors (Lipinski definition) is 1. The lowest BCUT2D eigenvalue weighted by atomic mass is 10.1. The van der Waals surface area contributed by atoms with Crippen LogP contribution in [0.2, 0.25) is 0 Å². The van der Waals surface area contributed by atoms with Crippen molar-refractivity contribution in [2.45, 2.75) is 0 Å². The number of ether oxygens (including phenoxy) is 1. The largest absolute Gasteiger partial charge is 0.467 e. The number of benzene rings is 2. The van der Waals surface area contributed by atoms with Gasteiger partial charge in [-0.2, -0.15) is 0 Å². The summed E-state index contributed by atoms with van der Waals surface area (Å²) in [6.45, 7) is 0. The molecule has 0 atom stereocenters. The molecule has 0 aliphatic carbocycles. The fourth-order valence-corrected chi connectivity index (χ4v) is 2.57. The Balaban J connectivity index is 1.64. The van der Waals surface area contributed by atoms with E-state index < -0.39 is 0 Å². The van der Waals surface area contributed by atoms with Gasteiger partial charge in [0.15, 0.2) is 5.76 Å². The highest BCUT2D eigenvalue weighted by molar-refractivity contribution is 6.07. The fraction of sp³-hybridized carbons (Fsp3) is 0.0526. The second-order valence-electron chi connectivity index (χ2n) is 5.52. The lowest BCUT2D eigenvalue weighted by molar-refractivity contribution is 0.102. The standard InChI is InChI=1S/C19H14N4O3/c1-25-19-20-10-14(11-21-19)22-18(24)13-7-8-16-15(9-13)17(26-23-16)12-5-3-2-4-6-12/h2-11H,1H3,(H,22,24). The molecule has 7 heteroatoms. The summed E-state index contributed by atoms with van der Waals surface area (Å²) < 4.78 is 10.4. The first-order valence-electron chi connectivity index (χ1n) is 7.87. The summed E-state index contributed by atoms with van der Waals surface area (Å²) in [4.78, 5) is 20.5. The molecule has 26 heavy (non-hydrogen) atoms. The number of carbonyl (C=O) groups is 1. The van der Waals surface area contributed by atoms with Gasteiger partial charge < -0.3 is 14.6 Å². The van der Waals surface area contributed by atoms with Crippen LogP contribution < -0.4 is 10.1 Å². The molecular weight excluding hydrogens is 332 g/mol. The van der Waals surface area contributed by atoms with Gasteiger partial charge in [0.1, 0.15) is 5.52 Å². The first kappa shape index (κ1) is 15.8. The van der Waals surface area contributed by atoms with E-state index in [0.717, 1.165) is 10.9 Å². The van der Waals surface area contributed by atoms with E-state index in [4.69, 9.17) is 9.26 Å². The lowest BCUT2D eigenvalue weighted by Gasteiger charge is -2.05. The highest BCUT2D eigenvalue weighted by atomic mass is 16.5. The van der Waals surface area contributed by atoms with Crippen molar-refractivity contribution in [3.8, 4) is 17.3 Å². The van der Waals surface area contributed by atoms with Crippen LogP contribution in [-0.2, 0) is 0 Å². The molecule has 0 aliphatic heterocycles. The molecule has 0 aliphatic rings. The summed E-state index contributed by atoms with van der Waals surface area (Å²) in [5.41, 5.74) is 2.54. The maximum Gasteiger partial charge on any atom is 0.316 e. The van der Waals surface area contributed by atoms with Crippen molar-refractivity contribution >= 4 is 22.5 Å². The highest BCUT2D eigenvalue weighted by Gasteiger charge is 2.14. The number of carbonyl (C=O) groups excluding carboxylic acids is 1. The summed E-state index contributed by atoms with van der Waals surface area (Å²) in [6.07, 6.45) is 2.97. The van der Waals surface area contributed by atoms with Crippen molar-refractivity contribution in [3.05, 3.63) is 66.5 Å². The molecule has 0 fully saturated rings. The van der Waals surface area contributed by atoms with Gasteiger partial charge in [-0.25, -0.2) is 9.97 Å². The molecule has 4 aromatic rings. The molecule has 0 radical (unpaired) electrons. The highest BCUT2D eigenvalue weighted by Crippen LogP contribution is 2.29. The molecule has 0 saturated carbocycles. The molecule has 2 aromatic carbocycles. The number of anilines is 1. The summed E-state index contributed by atoms with van der Waals surface area (Å²) in [6, 6.07) is 15.1. The first-order chi connectivity index (χ1) is 12.7. The lowest BCUT2D eigenvalue weighted by Crippen LogP contribution is -2.12. The number of amides is 1. The molecule has 0 unspecified atom stereocenters. The summed E-state index contributed by atoms with van der Waals surface area (Å²) >= 11 is 0. The van der Waals surface area contributed by atoms with E-state index in [2.05, 4.69) is 20.4 Å². The number of methoxy groups -OCH3 is 1. The van der Waals surface area contributed by atoms with Crippen LogP contribution in [0.25, 0.3) is 22.2 Å². The number of fused-ring (bicyclic) bond motifs is 1. The van der Waals surface area contributed by atoms with Gasteiger partial charge in [0.2, 0.25) is 0 Å². The normalized spacial score (nSPS) is 10.7. The molecule has 0 spiro atoms. The van der Waals surface area contributed by atoms with Crippen molar-refractivity contribution in [2.75, 3.05) is 12.4 Å². The Bertz CT molecular complexity index is 1060. The van der Waals surface area contributed by atoms with Gasteiger partial charge in [-0.15, -0.1) is 0 Å².